The van der Waals surface area contributed by atoms with Crippen LogP contribution in [-0.4, -0.2) is 0 Å². The highest BCUT2D eigenvalue weighted by atomic mass is 34.1. The molecule has 4 saturated heterocycles. The smallest absolute Gasteiger partial charge is 0.262 e. The van der Waals surface area contributed by atoms with E-state index < -0.39 is 15.7 Å². The van der Waals surface area contributed by atoms with Crippen LogP contribution in [0.5, 0.6) is 0 Å². The lowest BCUT2D eigenvalue weighted by atomic mass is 16.0. The van der Waals surface area contributed by atoms with Gasteiger partial charge in [0.2, 0.25) is 0 Å². The van der Waals surface area contributed by atoms with Crippen LogP contribution in [-0.2, 0) is 40.0 Å². The molecule has 0 aromatic heterocycles. The molecule has 0 N–H and O–H groups in total. The molecule has 0 spiro atoms. The second kappa shape index (κ2) is 3.90. The molecule has 0 atom stereocenters. The summed E-state index contributed by atoms with van der Waals surface area (Å²) in [5.74, 6) is 0. The zero-order valence-corrected chi connectivity index (χ0v) is 16.8. The quantitative estimate of drug-likeness (QED) is 0.366. The van der Waals surface area contributed by atoms with Crippen LogP contribution in [0.2, 0.25) is 0 Å². The molecule has 0 aliphatic carbocycles. The van der Waals surface area contributed by atoms with Crippen molar-refractivity contribution in [2.45, 2.75) is 0 Å². The average molecular weight is 428 g/mol. The van der Waals surface area contributed by atoms with Crippen LogP contribution < -0.4 is 0 Å². The van der Waals surface area contributed by atoms with Gasteiger partial charge < -0.3 is 0 Å². The van der Waals surface area contributed by atoms with Gasteiger partial charge in [-0.05, 0) is 66.0 Å². The number of hydrogen-bond donors (Lipinski definition) is 0. The molecule has 14 heteroatoms. The van der Waals surface area contributed by atoms with Crippen LogP contribution in [0.4, 0.5) is 0 Å². The lowest BCUT2D eigenvalue weighted by molar-refractivity contribution is 0.602. The fraction of sp³-hybridized carbons (Fsp3) is 0. The van der Waals surface area contributed by atoms with E-state index in [1.807, 2.05) is 0 Å². The Morgan fingerprint density at radius 2 is 0.929 bits per heavy atom. The fourth-order valence-corrected chi connectivity index (χ4v) is 202. The van der Waals surface area contributed by atoms with Gasteiger partial charge >= 0.3 is 0 Å². The predicted octanol–water partition coefficient (Wildman–Crippen LogP) is 7.21. The summed E-state index contributed by atoms with van der Waals surface area (Å²) >= 11 is 26.9. The minimum Gasteiger partial charge on any atom is -0.287 e. The molecule has 0 aromatic rings. The van der Waals surface area contributed by atoms with Gasteiger partial charge in [-0.3, -0.25) is 4.57 Å². The van der Waals surface area contributed by atoms with Gasteiger partial charge in [-0.25, -0.2) is 0 Å². The van der Waals surface area contributed by atoms with Crippen molar-refractivity contribution in [3.63, 3.8) is 0 Å². The zero-order chi connectivity index (χ0) is 10.2. The van der Waals surface area contributed by atoms with Crippen molar-refractivity contribution < 1.29 is 4.57 Å². The Morgan fingerprint density at radius 3 is 1.14 bits per heavy atom. The summed E-state index contributed by atoms with van der Waals surface area (Å²) in [6.45, 7) is 0. The van der Waals surface area contributed by atoms with E-state index in [0.29, 0.717) is 0 Å². The Bertz CT molecular complexity index is 348. The molecule has 14 heavy (non-hydrogen) atoms. The van der Waals surface area contributed by atoms with Crippen molar-refractivity contribution in [2.75, 3.05) is 0 Å². The van der Waals surface area contributed by atoms with Gasteiger partial charge in [-0.1, -0.05) is 35.4 Å². The number of hydrogen-bond acceptors (Lipinski definition) is 10. The van der Waals surface area contributed by atoms with Crippen LogP contribution in [0.25, 0.3) is 0 Å². The highest BCUT2D eigenvalue weighted by Crippen LogP contribution is 3.29. The Morgan fingerprint density at radius 1 is 0.643 bits per heavy atom. The van der Waals surface area contributed by atoms with E-state index in [9.17, 15) is 4.57 Å². The molecule has 4 aliphatic rings. The minimum atomic E-state index is -2.24. The lowest BCUT2D eigenvalue weighted by Crippen LogP contribution is -1.83. The molecule has 0 aromatic carbocycles. The highest BCUT2D eigenvalue weighted by molar-refractivity contribution is 9.81. The molecule has 0 saturated carbocycles. The van der Waals surface area contributed by atoms with E-state index in [1.54, 1.807) is 66.0 Å². The number of rotatable bonds is 0. The molecular weight excluding hydrogens is 428 g/mol. The summed E-state index contributed by atoms with van der Waals surface area (Å²) in [6, 6.07) is 0. The summed E-state index contributed by atoms with van der Waals surface area (Å²) in [6.07, 6.45) is 0. The molecule has 4 rings (SSSR count). The zero-order valence-electron chi connectivity index (χ0n) is 5.87. The van der Waals surface area contributed by atoms with Crippen molar-refractivity contribution >= 4 is 117 Å². The molecule has 0 radical (unpaired) electrons. The Labute approximate surface area is 120 Å². The van der Waals surface area contributed by atoms with E-state index in [4.69, 9.17) is 35.4 Å². The van der Waals surface area contributed by atoms with Gasteiger partial charge in [0.05, 0.1) is 0 Å². The first kappa shape index (κ1) is 13.3. The van der Waals surface area contributed by atoms with Crippen molar-refractivity contribution in [3.8, 4) is 0 Å². The van der Waals surface area contributed by atoms with Crippen molar-refractivity contribution in [1.82, 2.24) is 0 Å². The molecule has 0 amide bonds. The molecule has 4 aliphatic heterocycles. The first-order valence-electron chi connectivity index (χ1n) is 2.92. The van der Waals surface area contributed by atoms with Gasteiger partial charge in [-0.2, -0.15) is 0 Å². The van der Waals surface area contributed by atoms with Crippen LogP contribution in [0.3, 0.4) is 0 Å². The molecule has 0 unspecified atom stereocenters. The normalized spacial score (nSPS) is 65.7. The third-order valence-corrected chi connectivity index (χ3v) is 91.8. The third kappa shape index (κ3) is 2.34. The van der Waals surface area contributed by atoms with E-state index in [-0.39, 0.29) is 0 Å². The average Bonchev–Trinajstić information content (AvgIpc) is 1.67. The summed E-state index contributed by atoms with van der Waals surface area (Å²) < 4.78 is 5.36. The van der Waals surface area contributed by atoms with E-state index >= 15 is 0 Å². The second-order valence-corrected chi connectivity index (χ2v) is 57.5. The third-order valence-electron chi connectivity index (χ3n) is 1.20. The highest BCUT2D eigenvalue weighted by Gasteiger charge is 2.62. The Hall–Kier alpha value is 4.28. The fourth-order valence-electron chi connectivity index (χ4n) is 0.914. The van der Waals surface area contributed by atoms with Gasteiger partial charge in [-0.15, -0.1) is 0 Å². The maximum atomic E-state index is 12.5. The Balaban J connectivity index is 2.27. The van der Waals surface area contributed by atoms with Crippen LogP contribution in [0, 0.1) is 0 Å². The summed E-state index contributed by atoms with van der Waals surface area (Å²) in [4.78, 5) is 0. The topological polar surface area (TPSA) is 17.1 Å². The largest absolute Gasteiger partial charge is 0.287 e. The molecule has 1 nitrogen and oxygen atoms in total. The predicted molar refractivity (Wildman–Crippen MR) is 96.0 cm³/mol. The van der Waals surface area contributed by atoms with Gasteiger partial charge in [0, 0.05) is 0 Å². The van der Waals surface area contributed by atoms with Gasteiger partial charge in [0.1, 0.15) is 10.9 Å². The second-order valence-electron chi connectivity index (χ2n) is 2.28. The van der Waals surface area contributed by atoms with Crippen molar-refractivity contribution in [2.24, 2.45) is 0 Å². The first-order chi connectivity index (χ1) is 6.24. The maximum absolute atomic E-state index is 12.5. The van der Waals surface area contributed by atoms with Crippen LogP contribution in [0.1, 0.15) is 0 Å². The molecule has 4 heterocycles. The van der Waals surface area contributed by atoms with Gasteiger partial charge in [0.25, 0.3) is 4.75 Å². The molecule has 80 valence electrons. The molecule has 4 bridgehead atoms. The lowest BCUT2D eigenvalue weighted by Gasteiger charge is -2.49. The monoisotopic (exact) mass is 428 g/mol. The summed E-state index contributed by atoms with van der Waals surface area (Å²) in [5, 5.41) is 0. The van der Waals surface area contributed by atoms with Crippen molar-refractivity contribution in [1.29, 1.82) is 0 Å². The molecule has 4 fully saturated rings. The Kier molecular flexibility index (Phi) is 3.69. The minimum absolute atomic E-state index is 1.55. The SMILES string of the molecule is O=P12SP3(=S)SP(=S)(S1)SP(=S)(S2)S3. The maximum Gasteiger partial charge on any atom is 0.262 e. The van der Waals surface area contributed by atoms with Gasteiger partial charge in [0.15, 0.2) is 0 Å². The van der Waals surface area contributed by atoms with Crippen LogP contribution >= 0.6 is 81.7 Å². The van der Waals surface area contributed by atoms with Crippen molar-refractivity contribution in [3.05, 3.63) is 0 Å². The van der Waals surface area contributed by atoms with E-state index in [1.165, 1.54) is 0 Å². The first-order valence-corrected chi connectivity index (χ1v) is 25.2. The summed E-state index contributed by atoms with van der Waals surface area (Å²) in [7, 11) is 0. The summed E-state index contributed by atoms with van der Waals surface area (Å²) in [5.41, 5.74) is 0. The standard InChI is InChI=1S/OP4S9/c1-2-9-3(6)12-4(7,10-2)14-5(8,11-2)13-3. The van der Waals surface area contributed by atoms with E-state index in [2.05, 4.69) is 0 Å². The van der Waals surface area contributed by atoms with E-state index in [0.717, 1.165) is 0 Å². The molecular formula is OP4S9. The van der Waals surface area contributed by atoms with Crippen LogP contribution in [0.15, 0.2) is 0 Å².